The topological polar surface area (TPSA) is 66.7 Å². The van der Waals surface area contributed by atoms with Crippen molar-refractivity contribution in [3.05, 3.63) is 76.1 Å². The fraction of sp³-hybridized carbons (Fsp3) is 0.269. The van der Waals surface area contributed by atoms with Crippen LogP contribution in [0.1, 0.15) is 36.9 Å². The number of amides is 2. The Hall–Kier alpha value is -3.45. The molecule has 0 bridgehead atoms. The lowest BCUT2D eigenvalue weighted by atomic mass is 10.00. The standard InChI is InChI=1S/C26H25N3O3S/c1-16-13-17(2)24-19(14-16)20(15-21(27-24)23-7-6-18(3)33-23)25(30)28-8-10-29(11-9-28)26(31)22-5-4-12-32-22/h4-7,12-15H,8-11H2,1-3H3. The Morgan fingerprint density at radius 2 is 1.67 bits per heavy atom. The fourth-order valence-corrected chi connectivity index (χ4v) is 5.22. The van der Waals surface area contributed by atoms with Gasteiger partial charge in [-0.3, -0.25) is 9.59 Å². The molecule has 6 nitrogen and oxygen atoms in total. The van der Waals surface area contributed by atoms with Gasteiger partial charge < -0.3 is 14.2 Å². The Balaban J connectivity index is 1.47. The second kappa shape index (κ2) is 8.48. The minimum absolute atomic E-state index is 0.0213. The van der Waals surface area contributed by atoms with Gasteiger partial charge in [-0.2, -0.15) is 0 Å². The molecule has 1 aliphatic heterocycles. The molecule has 4 aromatic rings. The number of fused-ring (bicyclic) bond motifs is 1. The maximum absolute atomic E-state index is 13.7. The first-order chi connectivity index (χ1) is 15.9. The second-order valence-corrected chi connectivity index (χ2v) is 9.79. The molecular weight excluding hydrogens is 434 g/mol. The molecule has 3 aromatic heterocycles. The molecule has 0 spiro atoms. The Morgan fingerprint density at radius 1 is 0.939 bits per heavy atom. The summed E-state index contributed by atoms with van der Waals surface area (Å²) in [5.41, 5.74) is 4.51. The largest absolute Gasteiger partial charge is 0.459 e. The van der Waals surface area contributed by atoms with E-state index in [1.54, 1.807) is 28.4 Å². The molecule has 168 valence electrons. The highest BCUT2D eigenvalue weighted by Crippen LogP contribution is 2.32. The zero-order chi connectivity index (χ0) is 23.1. The number of thiophene rings is 1. The van der Waals surface area contributed by atoms with E-state index in [4.69, 9.17) is 9.40 Å². The molecule has 0 unspecified atom stereocenters. The van der Waals surface area contributed by atoms with Crippen molar-refractivity contribution >= 4 is 34.1 Å². The van der Waals surface area contributed by atoms with E-state index in [-0.39, 0.29) is 11.8 Å². The van der Waals surface area contributed by atoms with Gasteiger partial charge >= 0.3 is 0 Å². The molecular formula is C26H25N3O3S. The summed E-state index contributed by atoms with van der Waals surface area (Å²) < 4.78 is 5.24. The minimum Gasteiger partial charge on any atom is -0.459 e. The van der Waals surface area contributed by atoms with Crippen LogP contribution in [0.4, 0.5) is 0 Å². The average molecular weight is 460 g/mol. The van der Waals surface area contributed by atoms with Gasteiger partial charge in [0, 0.05) is 36.4 Å². The number of aryl methyl sites for hydroxylation is 3. The highest BCUT2D eigenvalue weighted by molar-refractivity contribution is 7.15. The Bertz CT molecular complexity index is 1350. The molecule has 0 N–H and O–H groups in total. The molecule has 1 aromatic carbocycles. The van der Waals surface area contributed by atoms with E-state index in [1.165, 1.54) is 11.1 Å². The Kier molecular flexibility index (Phi) is 5.50. The van der Waals surface area contributed by atoms with Crippen molar-refractivity contribution in [3.8, 4) is 10.6 Å². The van der Waals surface area contributed by atoms with E-state index in [1.807, 2.05) is 30.9 Å². The molecule has 0 aliphatic carbocycles. The second-order valence-electron chi connectivity index (χ2n) is 8.51. The fourth-order valence-electron chi connectivity index (χ4n) is 4.40. The first kappa shape index (κ1) is 21.4. The third-order valence-corrected chi connectivity index (χ3v) is 7.08. The average Bonchev–Trinajstić information content (AvgIpc) is 3.50. The summed E-state index contributed by atoms with van der Waals surface area (Å²) in [7, 11) is 0. The van der Waals surface area contributed by atoms with Crippen LogP contribution in [0, 0.1) is 20.8 Å². The predicted octanol–water partition coefficient (Wildman–Crippen LogP) is 5.08. The van der Waals surface area contributed by atoms with Crippen molar-refractivity contribution in [2.24, 2.45) is 0 Å². The zero-order valence-electron chi connectivity index (χ0n) is 18.9. The number of carbonyl (C=O) groups excluding carboxylic acids is 2. The maximum atomic E-state index is 13.7. The molecule has 5 rings (SSSR count). The SMILES string of the molecule is Cc1cc(C)c2nc(-c3ccc(C)s3)cc(C(=O)N3CCN(C(=O)c4ccco4)CC3)c2c1. The van der Waals surface area contributed by atoms with Crippen molar-refractivity contribution < 1.29 is 14.0 Å². The molecule has 1 fully saturated rings. The van der Waals surface area contributed by atoms with Gasteiger partial charge in [-0.05, 0) is 62.7 Å². The summed E-state index contributed by atoms with van der Waals surface area (Å²) in [4.78, 5) is 37.1. The van der Waals surface area contributed by atoms with Crippen LogP contribution in [0.3, 0.4) is 0 Å². The Labute approximate surface area is 196 Å². The summed E-state index contributed by atoms with van der Waals surface area (Å²) in [6.45, 7) is 8.06. The number of furan rings is 1. The lowest BCUT2D eigenvalue weighted by molar-refractivity contribution is 0.0519. The molecule has 7 heteroatoms. The molecule has 1 saturated heterocycles. The number of rotatable bonds is 3. The van der Waals surface area contributed by atoms with Crippen LogP contribution in [0.15, 0.2) is 53.1 Å². The lowest BCUT2D eigenvalue weighted by Gasteiger charge is -2.34. The van der Waals surface area contributed by atoms with E-state index in [0.717, 1.165) is 32.6 Å². The number of piperazine rings is 1. The van der Waals surface area contributed by atoms with Gasteiger partial charge in [-0.15, -0.1) is 11.3 Å². The van der Waals surface area contributed by atoms with Crippen molar-refractivity contribution in [3.63, 3.8) is 0 Å². The predicted molar refractivity (Wildman–Crippen MR) is 130 cm³/mol. The number of nitrogens with zero attached hydrogens (tertiary/aromatic N) is 3. The number of hydrogen-bond acceptors (Lipinski definition) is 5. The van der Waals surface area contributed by atoms with Crippen LogP contribution in [0.5, 0.6) is 0 Å². The van der Waals surface area contributed by atoms with Gasteiger partial charge in [-0.25, -0.2) is 4.98 Å². The van der Waals surface area contributed by atoms with Crippen molar-refractivity contribution in [2.45, 2.75) is 20.8 Å². The van der Waals surface area contributed by atoms with Crippen LogP contribution < -0.4 is 0 Å². The molecule has 1 aliphatic rings. The first-order valence-corrected chi connectivity index (χ1v) is 11.8. The smallest absolute Gasteiger partial charge is 0.289 e. The number of aromatic nitrogens is 1. The van der Waals surface area contributed by atoms with Gasteiger partial charge in [0.15, 0.2) is 5.76 Å². The summed E-state index contributed by atoms with van der Waals surface area (Å²) in [5, 5.41) is 0.878. The molecule has 0 radical (unpaired) electrons. The van der Waals surface area contributed by atoms with Gasteiger partial charge in [0.05, 0.1) is 27.9 Å². The third kappa shape index (κ3) is 4.04. The summed E-state index contributed by atoms with van der Waals surface area (Å²) in [6.07, 6.45) is 1.50. The van der Waals surface area contributed by atoms with Crippen LogP contribution in [-0.2, 0) is 0 Å². The zero-order valence-corrected chi connectivity index (χ0v) is 19.7. The van der Waals surface area contributed by atoms with Crippen molar-refractivity contribution in [1.82, 2.24) is 14.8 Å². The van der Waals surface area contributed by atoms with E-state index in [0.29, 0.717) is 37.5 Å². The molecule has 4 heterocycles. The van der Waals surface area contributed by atoms with E-state index in [2.05, 4.69) is 25.1 Å². The first-order valence-electron chi connectivity index (χ1n) is 11.0. The summed E-state index contributed by atoms with van der Waals surface area (Å²) >= 11 is 1.68. The molecule has 0 atom stereocenters. The van der Waals surface area contributed by atoms with Crippen LogP contribution in [0.2, 0.25) is 0 Å². The highest BCUT2D eigenvalue weighted by Gasteiger charge is 2.28. The van der Waals surface area contributed by atoms with E-state index < -0.39 is 0 Å². The lowest BCUT2D eigenvalue weighted by Crippen LogP contribution is -2.50. The summed E-state index contributed by atoms with van der Waals surface area (Å²) in [6, 6.07) is 13.6. The maximum Gasteiger partial charge on any atom is 0.289 e. The van der Waals surface area contributed by atoms with Crippen LogP contribution >= 0.6 is 11.3 Å². The number of hydrogen-bond donors (Lipinski definition) is 0. The van der Waals surface area contributed by atoms with E-state index in [9.17, 15) is 9.59 Å². The normalized spacial score (nSPS) is 14.2. The number of pyridine rings is 1. The van der Waals surface area contributed by atoms with Crippen molar-refractivity contribution in [1.29, 1.82) is 0 Å². The quantitative estimate of drug-likeness (QED) is 0.429. The van der Waals surface area contributed by atoms with Gasteiger partial charge in [0.1, 0.15) is 0 Å². The minimum atomic E-state index is -0.136. The van der Waals surface area contributed by atoms with Gasteiger partial charge in [-0.1, -0.05) is 11.6 Å². The van der Waals surface area contributed by atoms with Crippen LogP contribution in [0.25, 0.3) is 21.5 Å². The van der Waals surface area contributed by atoms with Gasteiger partial charge in [0.25, 0.3) is 11.8 Å². The van der Waals surface area contributed by atoms with Gasteiger partial charge in [0.2, 0.25) is 0 Å². The molecule has 33 heavy (non-hydrogen) atoms. The molecule has 2 amide bonds. The monoisotopic (exact) mass is 459 g/mol. The molecule has 0 saturated carbocycles. The summed E-state index contributed by atoms with van der Waals surface area (Å²) in [5.74, 6) is 0.173. The van der Waals surface area contributed by atoms with E-state index >= 15 is 0 Å². The Morgan fingerprint density at radius 3 is 2.30 bits per heavy atom. The highest BCUT2D eigenvalue weighted by atomic mass is 32.1. The van der Waals surface area contributed by atoms with Crippen molar-refractivity contribution in [2.75, 3.05) is 26.2 Å². The van der Waals surface area contributed by atoms with Crippen LogP contribution in [-0.4, -0.2) is 52.8 Å². The number of carbonyl (C=O) groups is 2. The number of benzene rings is 1. The third-order valence-electron chi connectivity index (χ3n) is 6.06.